The molecule has 21 heavy (non-hydrogen) atoms. The van der Waals surface area contributed by atoms with Gasteiger partial charge in [-0.3, -0.25) is 4.79 Å². The van der Waals surface area contributed by atoms with Crippen molar-refractivity contribution in [1.82, 2.24) is 9.97 Å². The van der Waals surface area contributed by atoms with Crippen LogP contribution in [0.5, 0.6) is 5.75 Å². The molecule has 0 radical (unpaired) electrons. The Morgan fingerprint density at radius 3 is 2.33 bits per heavy atom. The average Bonchev–Trinajstić information content (AvgIpc) is 2.41. The zero-order chi connectivity index (χ0) is 15.6. The van der Waals surface area contributed by atoms with Crippen LogP contribution in [0.2, 0.25) is 0 Å². The summed E-state index contributed by atoms with van der Waals surface area (Å²) in [6.45, 7) is 7.70. The fourth-order valence-electron chi connectivity index (χ4n) is 2.12. The zero-order valence-electron chi connectivity index (χ0n) is 12.8. The first-order valence-corrected chi connectivity index (χ1v) is 6.96. The Morgan fingerprint density at radius 2 is 1.76 bits per heavy atom. The number of aromatic nitrogens is 2. The molecule has 1 aromatic carbocycles. The van der Waals surface area contributed by atoms with Crippen LogP contribution < -0.4 is 5.56 Å². The van der Waals surface area contributed by atoms with Crippen LogP contribution in [-0.2, 0) is 0 Å². The van der Waals surface area contributed by atoms with Gasteiger partial charge in [0.2, 0.25) is 0 Å². The number of hydrogen-bond donors (Lipinski definition) is 2. The number of aromatic amines is 1. The van der Waals surface area contributed by atoms with Crippen LogP contribution in [-0.4, -0.2) is 15.1 Å². The van der Waals surface area contributed by atoms with Crippen LogP contribution in [0.3, 0.4) is 0 Å². The number of aryl methyl sites for hydroxylation is 2. The van der Waals surface area contributed by atoms with E-state index in [0.29, 0.717) is 17.3 Å². The van der Waals surface area contributed by atoms with Crippen molar-refractivity contribution in [3.63, 3.8) is 0 Å². The highest BCUT2D eigenvalue weighted by atomic mass is 16.3. The van der Waals surface area contributed by atoms with Crippen LogP contribution in [0, 0.1) is 13.8 Å². The van der Waals surface area contributed by atoms with Gasteiger partial charge in [0.1, 0.15) is 11.6 Å². The number of aromatic hydroxyl groups is 1. The fourth-order valence-corrected chi connectivity index (χ4v) is 2.12. The van der Waals surface area contributed by atoms with E-state index in [0.717, 1.165) is 16.7 Å². The number of H-pyrrole nitrogens is 1. The molecule has 4 nitrogen and oxygen atoms in total. The summed E-state index contributed by atoms with van der Waals surface area (Å²) in [4.78, 5) is 18.8. The second-order valence-corrected chi connectivity index (χ2v) is 5.55. The lowest BCUT2D eigenvalue weighted by molar-refractivity contribution is 0.467. The van der Waals surface area contributed by atoms with Crippen molar-refractivity contribution >= 4 is 12.2 Å². The fraction of sp³-hybridized carbons (Fsp3) is 0.294. The van der Waals surface area contributed by atoms with Crippen molar-refractivity contribution < 1.29 is 5.11 Å². The van der Waals surface area contributed by atoms with E-state index in [1.165, 1.54) is 6.07 Å². The third-order valence-electron chi connectivity index (χ3n) is 3.29. The maximum atomic E-state index is 11.6. The van der Waals surface area contributed by atoms with Gasteiger partial charge in [0.15, 0.2) is 0 Å². The number of benzene rings is 1. The van der Waals surface area contributed by atoms with Gasteiger partial charge in [0.25, 0.3) is 5.56 Å². The summed E-state index contributed by atoms with van der Waals surface area (Å²) < 4.78 is 0. The average molecular weight is 284 g/mol. The lowest BCUT2D eigenvalue weighted by Gasteiger charge is -2.05. The van der Waals surface area contributed by atoms with Crippen molar-refractivity contribution in [2.24, 2.45) is 0 Å². The standard InChI is InChI=1S/C17H20N2O2/c1-10(2)17-18-14(9-15(20)19-17)6-5-13-7-11(3)16(21)12(4)8-13/h5-10,21H,1-4H3,(H,18,19,20)/b6-5+. The first-order valence-electron chi connectivity index (χ1n) is 6.96. The first kappa shape index (κ1) is 15.0. The summed E-state index contributed by atoms with van der Waals surface area (Å²) in [5.41, 5.74) is 3.11. The Balaban J connectivity index is 2.36. The first-order chi connectivity index (χ1) is 9.86. The SMILES string of the molecule is Cc1cc(/C=C/c2cc(=O)[nH]c(C(C)C)n2)cc(C)c1O. The highest BCUT2D eigenvalue weighted by Crippen LogP contribution is 2.23. The number of hydrogen-bond acceptors (Lipinski definition) is 3. The minimum Gasteiger partial charge on any atom is -0.507 e. The van der Waals surface area contributed by atoms with Gasteiger partial charge in [-0.2, -0.15) is 0 Å². The van der Waals surface area contributed by atoms with Crippen molar-refractivity contribution in [3.05, 3.63) is 56.8 Å². The molecule has 2 N–H and O–H groups in total. The lowest BCUT2D eigenvalue weighted by atomic mass is 10.1. The van der Waals surface area contributed by atoms with Crippen LogP contribution in [0.15, 0.2) is 23.0 Å². The normalized spacial score (nSPS) is 11.5. The summed E-state index contributed by atoms with van der Waals surface area (Å²) >= 11 is 0. The maximum absolute atomic E-state index is 11.6. The van der Waals surface area contributed by atoms with Gasteiger partial charge in [0, 0.05) is 12.0 Å². The monoisotopic (exact) mass is 284 g/mol. The molecule has 0 aliphatic carbocycles. The van der Waals surface area contributed by atoms with Crippen LogP contribution in [0.1, 0.15) is 48.0 Å². The van der Waals surface area contributed by atoms with Crippen molar-refractivity contribution in [2.45, 2.75) is 33.6 Å². The quantitative estimate of drug-likeness (QED) is 0.908. The molecule has 0 unspecified atom stereocenters. The summed E-state index contributed by atoms with van der Waals surface area (Å²) in [5.74, 6) is 1.17. The molecule has 0 aliphatic heterocycles. The molecule has 110 valence electrons. The highest BCUT2D eigenvalue weighted by Gasteiger charge is 2.04. The van der Waals surface area contributed by atoms with Gasteiger partial charge >= 0.3 is 0 Å². The van der Waals surface area contributed by atoms with Crippen molar-refractivity contribution in [2.75, 3.05) is 0 Å². The van der Waals surface area contributed by atoms with E-state index in [-0.39, 0.29) is 11.5 Å². The van der Waals surface area contributed by atoms with Gasteiger partial charge in [-0.1, -0.05) is 19.9 Å². The smallest absolute Gasteiger partial charge is 0.251 e. The molecule has 2 aromatic rings. The minimum atomic E-state index is -0.147. The second kappa shape index (κ2) is 5.95. The van der Waals surface area contributed by atoms with E-state index in [1.807, 2.05) is 52.0 Å². The van der Waals surface area contributed by atoms with Crippen LogP contribution in [0.25, 0.3) is 12.2 Å². The molecule has 0 fully saturated rings. The Kier molecular flexibility index (Phi) is 4.26. The van der Waals surface area contributed by atoms with E-state index in [9.17, 15) is 9.90 Å². The van der Waals surface area contributed by atoms with Crippen LogP contribution in [0.4, 0.5) is 0 Å². The van der Waals surface area contributed by atoms with Crippen molar-refractivity contribution in [1.29, 1.82) is 0 Å². The second-order valence-electron chi connectivity index (χ2n) is 5.55. The summed E-state index contributed by atoms with van der Waals surface area (Å²) in [7, 11) is 0. The summed E-state index contributed by atoms with van der Waals surface area (Å²) in [5, 5.41) is 9.77. The predicted molar refractivity (Wildman–Crippen MR) is 85.5 cm³/mol. The number of phenolic OH excluding ortho intramolecular Hbond substituents is 1. The Hall–Kier alpha value is -2.36. The molecule has 4 heteroatoms. The molecule has 2 rings (SSSR count). The topological polar surface area (TPSA) is 66.0 Å². The molecule has 0 amide bonds. The van der Waals surface area contributed by atoms with E-state index < -0.39 is 0 Å². The highest BCUT2D eigenvalue weighted by molar-refractivity contribution is 5.69. The summed E-state index contributed by atoms with van der Waals surface area (Å²) in [6.07, 6.45) is 3.71. The molecule has 0 aliphatic rings. The van der Waals surface area contributed by atoms with Gasteiger partial charge in [0.05, 0.1) is 5.69 Å². The van der Waals surface area contributed by atoms with E-state index >= 15 is 0 Å². The van der Waals surface area contributed by atoms with Crippen molar-refractivity contribution in [3.8, 4) is 5.75 Å². The predicted octanol–water partition coefficient (Wildman–Crippen LogP) is 3.39. The number of rotatable bonds is 3. The van der Waals surface area contributed by atoms with Gasteiger partial charge in [-0.25, -0.2) is 4.98 Å². The molecule has 0 saturated heterocycles. The maximum Gasteiger partial charge on any atom is 0.251 e. The molecule has 1 heterocycles. The van der Waals surface area contributed by atoms with Gasteiger partial charge in [-0.05, 0) is 48.7 Å². The Morgan fingerprint density at radius 1 is 1.14 bits per heavy atom. The Labute approximate surface area is 124 Å². The third-order valence-corrected chi connectivity index (χ3v) is 3.29. The van der Waals surface area contributed by atoms with E-state index in [1.54, 1.807) is 0 Å². The summed E-state index contributed by atoms with van der Waals surface area (Å²) in [6, 6.07) is 5.27. The van der Waals surface area contributed by atoms with Gasteiger partial charge in [-0.15, -0.1) is 0 Å². The molecular formula is C17H20N2O2. The molecule has 1 aromatic heterocycles. The number of nitrogens with zero attached hydrogens (tertiary/aromatic N) is 1. The molecule has 0 atom stereocenters. The van der Waals surface area contributed by atoms with Crippen LogP contribution >= 0.6 is 0 Å². The number of phenols is 1. The third kappa shape index (κ3) is 3.60. The molecule has 0 spiro atoms. The number of nitrogens with one attached hydrogen (secondary N) is 1. The van der Waals surface area contributed by atoms with E-state index in [4.69, 9.17) is 0 Å². The zero-order valence-corrected chi connectivity index (χ0v) is 12.8. The molecular weight excluding hydrogens is 264 g/mol. The van der Waals surface area contributed by atoms with E-state index in [2.05, 4.69) is 9.97 Å². The van der Waals surface area contributed by atoms with Gasteiger partial charge < -0.3 is 10.1 Å². The molecule has 0 bridgehead atoms. The lowest BCUT2D eigenvalue weighted by Crippen LogP contribution is -2.12. The Bertz CT molecular complexity index is 720. The molecule has 0 saturated carbocycles. The minimum absolute atomic E-state index is 0.147. The largest absolute Gasteiger partial charge is 0.507 e.